The summed E-state index contributed by atoms with van der Waals surface area (Å²) < 4.78 is 25.8. The summed E-state index contributed by atoms with van der Waals surface area (Å²) >= 11 is 0. The van der Waals surface area contributed by atoms with Crippen LogP contribution in [0.1, 0.15) is 20.3 Å². The highest BCUT2D eigenvalue weighted by molar-refractivity contribution is 7.89. The van der Waals surface area contributed by atoms with Gasteiger partial charge in [-0.3, -0.25) is 4.79 Å². The van der Waals surface area contributed by atoms with Gasteiger partial charge >= 0.3 is 5.97 Å². The molecule has 0 aliphatic rings. The first-order chi connectivity index (χ1) is 8.85. The van der Waals surface area contributed by atoms with E-state index in [-0.39, 0.29) is 17.4 Å². The Bertz CT molecular complexity index is 525. The Kier molecular flexibility index (Phi) is 5.31. The molecule has 7 heteroatoms. The largest absolute Gasteiger partial charge is 0.481 e. The number of rotatable bonds is 7. The van der Waals surface area contributed by atoms with E-state index >= 15 is 0 Å². The van der Waals surface area contributed by atoms with E-state index in [0.29, 0.717) is 12.2 Å². The van der Waals surface area contributed by atoms with Gasteiger partial charge < -0.3 is 10.4 Å². The first-order valence-corrected chi connectivity index (χ1v) is 7.41. The maximum Gasteiger partial charge on any atom is 0.305 e. The van der Waals surface area contributed by atoms with Gasteiger partial charge in [-0.05, 0) is 31.2 Å². The molecule has 0 spiro atoms. The maximum absolute atomic E-state index is 11.7. The quantitative estimate of drug-likeness (QED) is 0.701. The van der Waals surface area contributed by atoms with Crippen molar-refractivity contribution in [2.45, 2.75) is 31.2 Å². The van der Waals surface area contributed by atoms with Gasteiger partial charge in [0.15, 0.2) is 0 Å². The van der Waals surface area contributed by atoms with Crippen LogP contribution >= 0.6 is 0 Å². The Morgan fingerprint density at radius 2 is 1.89 bits per heavy atom. The summed E-state index contributed by atoms with van der Waals surface area (Å²) in [5.41, 5.74) is 0.684. The zero-order valence-electron chi connectivity index (χ0n) is 10.9. The lowest BCUT2D eigenvalue weighted by molar-refractivity contribution is -0.137. The van der Waals surface area contributed by atoms with Crippen LogP contribution < -0.4 is 10.0 Å². The third kappa shape index (κ3) is 4.88. The molecule has 0 aliphatic carbocycles. The van der Waals surface area contributed by atoms with Gasteiger partial charge in [0.2, 0.25) is 10.0 Å². The van der Waals surface area contributed by atoms with E-state index in [9.17, 15) is 13.2 Å². The SMILES string of the molecule is CCNS(=O)(=O)c1ccc(NC(C)CC(=O)O)cc1. The van der Waals surface area contributed by atoms with E-state index in [1.165, 1.54) is 12.1 Å². The van der Waals surface area contributed by atoms with Crippen molar-refractivity contribution in [3.63, 3.8) is 0 Å². The van der Waals surface area contributed by atoms with Crippen molar-refractivity contribution in [3.8, 4) is 0 Å². The highest BCUT2D eigenvalue weighted by Crippen LogP contribution is 2.15. The number of carboxylic acids is 1. The van der Waals surface area contributed by atoms with Crippen LogP contribution in [0.25, 0.3) is 0 Å². The normalized spacial score (nSPS) is 12.9. The molecular formula is C12H18N2O4S. The average Bonchev–Trinajstić information content (AvgIpc) is 2.28. The van der Waals surface area contributed by atoms with Crippen LogP contribution in [0.4, 0.5) is 5.69 Å². The van der Waals surface area contributed by atoms with Gasteiger partial charge in [-0.1, -0.05) is 6.92 Å². The molecular weight excluding hydrogens is 268 g/mol. The minimum Gasteiger partial charge on any atom is -0.481 e. The molecule has 1 atom stereocenters. The second-order valence-corrected chi connectivity index (χ2v) is 5.94. The number of hydrogen-bond acceptors (Lipinski definition) is 4. The topological polar surface area (TPSA) is 95.5 Å². The summed E-state index contributed by atoms with van der Waals surface area (Å²) in [4.78, 5) is 10.7. The molecule has 1 rings (SSSR count). The summed E-state index contributed by atoms with van der Waals surface area (Å²) in [5.74, 6) is -0.883. The van der Waals surface area contributed by atoms with Gasteiger partial charge in [-0.25, -0.2) is 13.1 Å². The molecule has 0 heterocycles. The van der Waals surface area contributed by atoms with Crippen LogP contribution in [0.2, 0.25) is 0 Å². The van der Waals surface area contributed by atoms with Crippen molar-refractivity contribution >= 4 is 21.7 Å². The predicted molar refractivity (Wildman–Crippen MR) is 72.6 cm³/mol. The summed E-state index contributed by atoms with van der Waals surface area (Å²) in [6, 6.07) is 5.96. The summed E-state index contributed by atoms with van der Waals surface area (Å²) in [7, 11) is -3.45. The number of hydrogen-bond donors (Lipinski definition) is 3. The predicted octanol–water partition coefficient (Wildman–Crippen LogP) is 1.26. The number of anilines is 1. The van der Waals surface area contributed by atoms with Gasteiger partial charge in [-0.15, -0.1) is 0 Å². The van der Waals surface area contributed by atoms with Crippen molar-refractivity contribution in [3.05, 3.63) is 24.3 Å². The molecule has 1 aromatic rings. The number of carboxylic acid groups (broad SMARTS) is 1. The Morgan fingerprint density at radius 3 is 2.37 bits per heavy atom. The minimum absolute atomic E-state index is 0.00254. The first-order valence-electron chi connectivity index (χ1n) is 5.93. The van der Waals surface area contributed by atoms with Crippen molar-refractivity contribution in [1.29, 1.82) is 0 Å². The van der Waals surface area contributed by atoms with Gasteiger partial charge in [0.25, 0.3) is 0 Å². The Labute approximate surface area is 112 Å². The average molecular weight is 286 g/mol. The molecule has 1 unspecified atom stereocenters. The van der Waals surface area contributed by atoms with E-state index < -0.39 is 16.0 Å². The molecule has 0 amide bonds. The molecule has 6 nitrogen and oxygen atoms in total. The van der Waals surface area contributed by atoms with Gasteiger partial charge in [0.05, 0.1) is 11.3 Å². The van der Waals surface area contributed by atoms with Crippen molar-refractivity contribution in [2.24, 2.45) is 0 Å². The van der Waals surface area contributed by atoms with Crippen molar-refractivity contribution < 1.29 is 18.3 Å². The lowest BCUT2D eigenvalue weighted by Gasteiger charge is -2.13. The van der Waals surface area contributed by atoms with E-state index in [1.807, 2.05) is 0 Å². The van der Waals surface area contributed by atoms with Gasteiger partial charge in [0, 0.05) is 18.3 Å². The van der Waals surface area contributed by atoms with E-state index in [4.69, 9.17) is 5.11 Å². The maximum atomic E-state index is 11.7. The molecule has 1 aromatic carbocycles. The number of carbonyl (C=O) groups is 1. The fourth-order valence-corrected chi connectivity index (χ4v) is 2.64. The lowest BCUT2D eigenvalue weighted by Crippen LogP contribution is -2.23. The molecule has 106 valence electrons. The van der Waals surface area contributed by atoms with Crippen molar-refractivity contribution in [2.75, 3.05) is 11.9 Å². The number of benzene rings is 1. The van der Waals surface area contributed by atoms with Crippen LogP contribution in [0, 0.1) is 0 Å². The smallest absolute Gasteiger partial charge is 0.305 e. The van der Waals surface area contributed by atoms with Crippen LogP contribution in [-0.4, -0.2) is 32.1 Å². The molecule has 0 bridgehead atoms. The molecule has 0 saturated heterocycles. The fraction of sp³-hybridized carbons (Fsp3) is 0.417. The van der Waals surface area contributed by atoms with Crippen LogP contribution in [0.5, 0.6) is 0 Å². The highest BCUT2D eigenvalue weighted by atomic mass is 32.2. The minimum atomic E-state index is -3.45. The zero-order valence-corrected chi connectivity index (χ0v) is 11.7. The number of sulfonamides is 1. The summed E-state index contributed by atoms with van der Waals surface area (Å²) in [5, 5.41) is 11.6. The molecule has 0 radical (unpaired) electrons. The Hall–Kier alpha value is -1.60. The Morgan fingerprint density at radius 1 is 1.32 bits per heavy atom. The van der Waals surface area contributed by atoms with Crippen molar-refractivity contribution in [1.82, 2.24) is 4.72 Å². The van der Waals surface area contributed by atoms with Crippen LogP contribution in [0.3, 0.4) is 0 Å². The summed E-state index contributed by atoms with van der Waals surface area (Å²) in [6.45, 7) is 3.79. The third-order valence-corrected chi connectivity index (χ3v) is 3.95. The van der Waals surface area contributed by atoms with E-state index in [0.717, 1.165) is 0 Å². The second-order valence-electron chi connectivity index (χ2n) is 4.17. The molecule has 19 heavy (non-hydrogen) atoms. The fourth-order valence-electron chi connectivity index (χ4n) is 1.60. The van der Waals surface area contributed by atoms with Crippen LogP contribution in [0.15, 0.2) is 29.2 Å². The first kappa shape index (κ1) is 15.5. The Balaban J connectivity index is 2.74. The monoisotopic (exact) mass is 286 g/mol. The highest BCUT2D eigenvalue weighted by Gasteiger charge is 2.12. The number of aliphatic carboxylic acids is 1. The molecule has 0 fully saturated rings. The second kappa shape index (κ2) is 6.53. The standard InChI is InChI=1S/C12H18N2O4S/c1-3-13-19(17,18)11-6-4-10(5-7-11)14-9(2)8-12(15)16/h4-7,9,13-14H,3,8H2,1-2H3,(H,15,16). The number of nitrogens with one attached hydrogen (secondary N) is 2. The lowest BCUT2D eigenvalue weighted by atomic mass is 10.2. The van der Waals surface area contributed by atoms with Crippen LogP contribution in [-0.2, 0) is 14.8 Å². The van der Waals surface area contributed by atoms with E-state index in [2.05, 4.69) is 10.0 Å². The summed E-state index contributed by atoms with van der Waals surface area (Å²) in [6.07, 6.45) is -0.00254. The molecule has 0 saturated carbocycles. The van der Waals surface area contributed by atoms with Gasteiger partial charge in [-0.2, -0.15) is 0 Å². The molecule has 3 N–H and O–H groups in total. The molecule has 0 aliphatic heterocycles. The molecule has 0 aromatic heterocycles. The third-order valence-electron chi connectivity index (χ3n) is 2.39. The zero-order chi connectivity index (χ0) is 14.5. The van der Waals surface area contributed by atoms with E-state index in [1.54, 1.807) is 26.0 Å². The van der Waals surface area contributed by atoms with Gasteiger partial charge in [0.1, 0.15) is 0 Å².